The van der Waals surface area contributed by atoms with E-state index in [0.717, 1.165) is 5.39 Å². The van der Waals surface area contributed by atoms with E-state index in [1.54, 1.807) is 92.6 Å². The minimum Gasteiger partial charge on any atom is -0.510 e. The van der Waals surface area contributed by atoms with Gasteiger partial charge in [-0.05, 0) is 84.0 Å². The van der Waals surface area contributed by atoms with E-state index in [9.17, 15) is 13.7 Å². The molecule has 3 heterocycles. The summed E-state index contributed by atoms with van der Waals surface area (Å²) in [5.41, 5.74) is 0.627. The van der Waals surface area contributed by atoms with Crippen molar-refractivity contribution in [2.75, 3.05) is 0 Å². The first-order chi connectivity index (χ1) is 48.9. The van der Waals surface area contributed by atoms with Crippen LogP contribution in [0.5, 0.6) is 11.5 Å². The van der Waals surface area contributed by atoms with E-state index in [2.05, 4.69) is 23.4 Å². The third-order valence-corrected chi connectivity index (χ3v) is 17.2. The standard InChI is InChI=1S/C71H54N4OSi.Pt/c1-50-44-69(72-48-63(50)51-24-9-5-10-25-51)75-65-39-18-17-36-61(65)62-43-42-55(47-68(62)75)76-54-28-22-27-53(46-54)73-49-74(67-41-20-19-40-66(67)73)70-60(37-23-38-64(70)71(2,3)4)52-26-21-35-59(45-52)77(56-29-11-6-12-30-56,57-31-13-7-14-32-57)58-33-15-8-16-34-58;/h5-45,48H,1-4H3;/q-2;/i1D3,5D,6D,7D,8D,9D,10D,11D,12D,13D,14D,15D,16D,21D,24D,25D,26D,29D,30D,31D,32D,33D,34D,35D,45D;. The van der Waals surface area contributed by atoms with Crippen molar-refractivity contribution in [2.24, 2.45) is 0 Å². The van der Waals surface area contributed by atoms with Gasteiger partial charge in [-0.25, -0.2) is 4.98 Å². The molecule has 0 spiro atoms. The number of aromatic nitrogens is 4. The Bertz CT molecular complexity index is 5630. The van der Waals surface area contributed by atoms with Gasteiger partial charge in [0.25, 0.3) is 6.33 Å². The Hall–Kier alpha value is -8.67. The molecule has 3 aromatic heterocycles. The minimum absolute atomic E-state index is 0. The first kappa shape index (κ1) is 28.1. The van der Waals surface area contributed by atoms with Crippen LogP contribution in [0, 0.1) is 25.3 Å². The van der Waals surface area contributed by atoms with E-state index < -0.39 is 192 Å². The number of hydrogen-bond acceptors (Lipinski definition) is 2. The maximum absolute atomic E-state index is 10.7. The zero-order valence-electron chi connectivity index (χ0n) is 68.4. The number of ether oxygens (including phenoxy) is 1. The van der Waals surface area contributed by atoms with Gasteiger partial charge in [-0.1, -0.05) is 232 Å². The second-order valence-corrected chi connectivity index (χ2v) is 22.2. The number of nitrogens with zero attached hydrogens (tertiary/aromatic N) is 4. The molecule has 0 fully saturated rings. The van der Waals surface area contributed by atoms with Crippen molar-refractivity contribution < 1.29 is 67.4 Å². The molecule has 0 N–H and O–H groups in total. The fourth-order valence-electron chi connectivity index (χ4n) is 9.79. The predicted molar refractivity (Wildman–Crippen MR) is 318 cm³/mol. The molecular formula is C71H54N4OPtSi-2. The van der Waals surface area contributed by atoms with Gasteiger partial charge in [-0.15, -0.1) is 29.7 Å². The van der Waals surface area contributed by atoms with E-state index >= 15 is 0 Å². The Balaban J connectivity index is 0.0000104. The largest absolute Gasteiger partial charge is 0.510 e. The molecule has 0 radical (unpaired) electrons. The van der Waals surface area contributed by atoms with Crippen LogP contribution in [0.25, 0.3) is 72.3 Å². The molecule has 78 heavy (non-hydrogen) atoms. The average Bonchev–Trinajstić information content (AvgIpc) is 1.18. The van der Waals surface area contributed by atoms with Crippen molar-refractivity contribution in [3.63, 3.8) is 0 Å². The van der Waals surface area contributed by atoms with Gasteiger partial charge in [0.1, 0.15) is 5.82 Å². The fourth-order valence-corrected chi connectivity index (χ4v) is 13.4. The summed E-state index contributed by atoms with van der Waals surface area (Å²) in [6.45, 7) is 2.74. The number of fused-ring (bicyclic) bond motifs is 4. The summed E-state index contributed by atoms with van der Waals surface area (Å²) >= 11 is 0. The molecule has 5 nitrogen and oxygen atoms in total. The summed E-state index contributed by atoms with van der Waals surface area (Å²) in [6.07, 6.45) is 4.62. The monoisotopic (exact) mass is 1230 g/mol. The minimum atomic E-state index is -6.22. The molecule has 13 aromatic rings. The summed E-state index contributed by atoms with van der Waals surface area (Å²) in [5.74, 6) is 0.397. The summed E-state index contributed by atoms with van der Waals surface area (Å²) in [6, 6.07) is 12.2. The molecule has 0 saturated carbocycles. The maximum Gasteiger partial charge on any atom is 0.268 e. The number of imidazole rings is 1. The van der Waals surface area contributed by atoms with Gasteiger partial charge in [0, 0.05) is 54.0 Å². The van der Waals surface area contributed by atoms with Crippen LogP contribution >= 0.6 is 0 Å². The van der Waals surface area contributed by atoms with Gasteiger partial charge in [0.15, 0.2) is 8.07 Å². The molecule has 0 aliphatic rings. The van der Waals surface area contributed by atoms with E-state index in [-0.39, 0.29) is 66.3 Å². The smallest absolute Gasteiger partial charge is 0.268 e. The van der Waals surface area contributed by atoms with Crippen molar-refractivity contribution in [3.8, 4) is 50.9 Å². The quantitative estimate of drug-likeness (QED) is 0.0560. The molecule has 0 atom stereocenters. The number of benzene rings is 10. The first-order valence-corrected chi connectivity index (χ1v) is 26.1. The van der Waals surface area contributed by atoms with Crippen LogP contribution in [0.1, 0.15) is 68.9 Å². The summed E-state index contributed by atoms with van der Waals surface area (Å²) in [4.78, 5) is 4.67. The van der Waals surface area contributed by atoms with Crippen LogP contribution in [-0.2, 0) is 26.5 Å². The Morgan fingerprint density at radius 1 is 0.577 bits per heavy atom. The van der Waals surface area contributed by atoms with Crippen LogP contribution in [0.3, 0.4) is 0 Å². The number of para-hydroxylation sites is 4. The Morgan fingerprint density at radius 2 is 1.19 bits per heavy atom. The summed E-state index contributed by atoms with van der Waals surface area (Å²) in [5, 5.41) is -2.47. The van der Waals surface area contributed by atoms with Crippen molar-refractivity contribution >= 4 is 61.7 Å². The molecule has 0 amide bonds. The van der Waals surface area contributed by atoms with Crippen LogP contribution in [0.4, 0.5) is 0 Å². The second-order valence-electron chi connectivity index (χ2n) is 18.7. The molecule has 0 aliphatic carbocycles. The van der Waals surface area contributed by atoms with Crippen LogP contribution in [0.15, 0.2) is 254 Å². The second kappa shape index (κ2) is 20.7. The van der Waals surface area contributed by atoms with E-state index in [0.29, 0.717) is 38.7 Å². The van der Waals surface area contributed by atoms with Gasteiger partial charge in [0.2, 0.25) is 0 Å². The Kier molecular flexibility index (Phi) is 7.46. The third-order valence-electron chi connectivity index (χ3n) is 13.2. The number of aryl methyl sites for hydroxylation is 1. The molecule has 0 bridgehead atoms. The van der Waals surface area contributed by atoms with Crippen LogP contribution in [0.2, 0.25) is 0 Å². The number of pyridine rings is 1. The van der Waals surface area contributed by atoms with Gasteiger partial charge in [-0.3, -0.25) is 4.57 Å². The molecule has 0 saturated heterocycles. The van der Waals surface area contributed by atoms with Crippen LogP contribution < -0.4 is 30.1 Å². The SMILES string of the molecule is [2H]c1c([2H])c([2H])c(-c2cnc(-n3c4[c-]c(Oc5[c-]c(-n6[c-][n+](-c7c(-c8c([2H])c([2H])c([2H])c([Si](c9c([2H])c([2H])c([2H])c([2H])c9[2H])(c9c([2H])c([2H])c([2H])c([2H])c9[2H])c9c([2H])c([2H])c([2H])c([2H])c9[2H])c8[2H])cccc7C(C)(C)C)c7ccccc76)ccc5)ccc4c4ccccc43)cc2C([2H])([2H])[2H])c([2H])c1[2H].[Pt]. The third kappa shape index (κ3) is 8.81. The number of rotatable bonds is 11. The number of hydrogen-bond donors (Lipinski definition) is 0. The Labute approximate surface area is 509 Å². The topological polar surface area (TPSA) is 35.9 Å². The van der Waals surface area contributed by atoms with Gasteiger partial charge in [-0.2, -0.15) is 18.2 Å². The Morgan fingerprint density at radius 3 is 1.88 bits per heavy atom. The molecule has 0 unspecified atom stereocenters. The molecule has 10 aromatic carbocycles. The van der Waals surface area contributed by atoms with Crippen molar-refractivity contribution in [1.82, 2.24) is 14.1 Å². The van der Waals surface area contributed by atoms with E-state index in [1.807, 2.05) is 32.9 Å². The zero-order chi connectivity index (χ0) is 75.5. The molecule has 13 rings (SSSR count). The molecule has 7 heteroatoms. The maximum atomic E-state index is 10.7. The van der Waals surface area contributed by atoms with E-state index in [4.69, 9.17) is 28.0 Å². The summed E-state index contributed by atoms with van der Waals surface area (Å²) in [7, 11) is -6.22. The van der Waals surface area contributed by atoms with Crippen molar-refractivity contribution in [3.05, 3.63) is 284 Å². The first-order valence-electron chi connectivity index (χ1n) is 37.6. The van der Waals surface area contributed by atoms with Crippen molar-refractivity contribution in [1.29, 1.82) is 0 Å². The predicted octanol–water partition coefficient (Wildman–Crippen LogP) is 13.9. The average molecular weight is 1230 g/mol. The molecule has 0 aliphatic heterocycles. The molecular weight excluding hydrogens is 1150 g/mol. The van der Waals surface area contributed by atoms with E-state index in [1.165, 1.54) is 18.3 Å². The van der Waals surface area contributed by atoms with Crippen molar-refractivity contribution in [2.45, 2.75) is 33.0 Å². The van der Waals surface area contributed by atoms with Gasteiger partial charge >= 0.3 is 0 Å². The molecule has 380 valence electrons. The van der Waals surface area contributed by atoms with Gasteiger partial charge < -0.3 is 13.9 Å². The fraction of sp³-hybridized carbons (Fsp3) is 0.0704. The zero-order valence-corrected chi connectivity index (χ0v) is 44.7. The van der Waals surface area contributed by atoms with Crippen LogP contribution in [-0.4, -0.2) is 22.2 Å². The van der Waals surface area contributed by atoms with Gasteiger partial charge in [0.05, 0.1) is 49.6 Å². The normalized spacial score (nSPS) is 16.8. The summed E-state index contributed by atoms with van der Waals surface area (Å²) < 4.78 is 259.